The number of rotatable bonds is 4. The van der Waals surface area contributed by atoms with Gasteiger partial charge in [-0.05, 0) is 18.6 Å². The Labute approximate surface area is 116 Å². The predicted octanol–water partition coefficient (Wildman–Crippen LogP) is 1.57. The quantitative estimate of drug-likeness (QED) is 0.924. The number of nitrogens with zero attached hydrogens (tertiary/aromatic N) is 1. The molecule has 0 saturated heterocycles. The summed E-state index contributed by atoms with van der Waals surface area (Å²) in [5.41, 5.74) is 0.452. The van der Waals surface area contributed by atoms with Gasteiger partial charge in [0.1, 0.15) is 5.76 Å². The fourth-order valence-electron chi connectivity index (χ4n) is 1.80. The number of anilines is 1. The maximum absolute atomic E-state index is 11.9. The van der Waals surface area contributed by atoms with E-state index < -0.39 is 9.84 Å². The van der Waals surface area contributed by atoms with Crippen molar-refractivity contribution < 1.29 is 17.7 Å². The molecule has 106 valence electrons. The molecule has 2 aromatic rings. The fourth-order valence-corrected chi connectivity index (χ4v) is 2.74. The van der Waals surface area contributed by atoms with E-state index in [1.165, 1.54) is 6.07 Å². The molecule has 0 bridgehead atoms. The van der Waals surface area contributed by atoms with Crippen LogP contribution in [0.1, 0.15) is 11.3 Å². The molecule has 1 heterocycles. The van der Waals surface area contributed by atoms with E-state index in [2.05, 4.69) is 10.5 Å². The number of sulfone groups is 1. The average molecular weight is 294 g/mol. The summed E-state index contributed by atoms with van der Waals surface area (Å²) in [7, 11) is -3.36. The van der Waals surface area contributed by atoms with Crippen LogP contribution in [0.5, 0.6) is 0 Å². The Morgan fingerprint density at radius 3 is 2.65 bits per heavy atom. The van der Waals surface area contributed by atoms with Crippen molar-refractivity contribution in [3.05, 3.63) is 41.7 Å². The van der Waals surface area contributed by atoms with Gasteiger partial charge in [0.25, 0.3) is 0 Å². The highest BCUT2D eigenvalue weighted by molar-refractivity contribution is 7.90. The molecule has 1 aromatic carbocycles. The summed E-state index contributed by atoms with van der Waals surface area (Å²) in [5, 5.41) is 6.19. The molecular formula is C13H14N2O4S. The monoisotopic (exact) mass is 294 g/mol. The number of benzene rings is 1. The van der Waals surface area contributed by atoms with Crippen LogP contribution >= 0.6 is 0 Å². The number of aromatic nitrogens is 1. The van der Waals surface area contributed by atoms with E-state index in [0.29, 0.717) is 17.1 Å². The van der Waals surface area contributed by atoms with Gasteiger partial charge in [-0.15, -0.1) is 0 Å². The number of carbonyl (C=O) groups is 1. The van der Waals surface area contributed by atoms with Gasteiger partial charge in [-0.2, -0.15) is 0 Å². The summed E-state index contributed by atoms with van der Waals surface area (Å²) >= 11 is 0. The molecule has 20 heavy (non-hydrogen) atoms. The molecule has 2 rings (SSSR count). The van der Waals surface area contributed by atoms with E-state index in [0.717, 1.165) is 6.26 Å². The zero-order valence-corrected chi connectivity index (χ0v) is 11.9. The molecule has 7 heteroatoms. The van der Waals surface area contributed by atoms with Crippen LogP contribution in [0.15, 0.2) is 39.8 Å². The molecule has 0 radical (unpaired) electrons. The van der Waals surface area contributed by atoms with Crippen molar-refractivity contribution in [2.75, 3.05) is 11.6 Å². The highest BCUT2D eigenvalue weighted by Gasteiger charge is 2.15. The lowest BCUT2D eigenvalue weighted by atomic mass is 10.1. The lowest BCUT2D eigenvalue weighted by Gasteiger charge is -2.07. The smallest absolute Gasteiger partial charge is 0.230 e. The summed E-state index contributed by atoms with van der Waals surface area (Å²) in [4.78, 5) is 12.0. The Morgan fingerprint density at radius 1 is 1.35 bits per heavy atom. The first kappa shape index (κ1) is 14.3. The van der Waals surface area contributed by atoms with Gasteiger partial charge in [-0.25, -0.2) is 8.42 Å². The van der Waals surface area contributed by atoms with Crippen LogP contribution in [0.4, 0.5) is 5.82 Å². The Kier molecular flexibility index (Phi) is 3.89. The Hall–Kier alpha value is -2.15. The fraction of sp³-hybridized carbons (Fsp3) is 0.231. The van der Waals surface area contributed by atoms with Crippen molar-refractivity contribution >= 4 is 21.6 Å². The summed E-state index contributed by atoms with van der Waals surface area (Å²) in [6.07, 6.45) is 1.07. The van der Waals surface area contributed by atoms with Crippen LogP contribution in [-0.4, -0.2) is 25.7 Å². The molecule has 1 N–H and O–H groups in total. The summed E-state index contributed by atoms with van der Waals surface area (Å²) in [5.74, 6) is 0.538. The molecule has 1 aromatic heterocycles. The van der Waals surface area contributed by atoms with Gasteiger partial charge in [-0.1, -0.05) is 23.4 Å². The van der Waals surface area contributed by atoms with E-state index in [4.69, 9.17) is 4.52 Å². The molecular weight excluding hydrogens is 280 g/mol. The van der Waals surface area contributed by atoms with Gasteiger partial charge < -0.3 is 9.84 Å². The molecule has 0 spiro atoms. The number of hydrogen-bond donors (Lipinski definition) is 1. The molecule has 6 nitrogen and oxygen atoms in total. The number of aryl methyl sites for hydroxylation is 1. The van der Waals surface area contributed by atoms with E-state index >= 15 is 0 Å². The molecule has 0 atom stereocenters. The maximum atomic E-state index is 11.9. The van der Waals surface area contributed by atoms with Gasteiger partial charge in [0, 0.05) is 12.3 Å². The first-order valence-electron chi connectivity index (χ1n) is 5.87. The largest absolute Gasteiger partial charge is 0.360 e. The van der Waals surface area contributed by atoms with Gasteiger partial charge >= 0.3 is 0 Å². The summed E-state index contributed by atoms with van der Waals surface area (Å²) < 4.78 is 28.1. The van der Waals surface area contributed by atoms with Gasteiger partial charge in [0.2, 0.25) is 5.91 Å². The Morgan fingerprint density at radius 2 is 2.05 bits per heavy atom. The normalized spacial score (nSPS) is 11.3. The highest BCUT2D eigenvalue weighted by Crippen LogP contribution is 2.16. The molecule has 0 fully saturated rings. The van der Waals surface area contributed by atoms with Gasteiger partial charge in [-0.3, -0.25) is 4.79 Å². The minimum Gasteiger partial charge on any atom is -0.360 e. The van der Waals surface area contributed by atoms with Crippen molar-refractivity contribution in [2.24, 2.45) is 0 Å². The highest BCUT2D eigenvalue weighted by atomic mass is 32.2. The van der Waals surface area contributed by atoms with Gasteiger partial charge in [0.05, 0.1) is 11.3 Å². The summed E-state index contributed by atoms with van der Waals surface area (Å²) in [6.45, 7) is 1.71. The zero-order chi connectivity index (χ0) is 14.8. The third-order valence-electron chi connectivity index (χ3n) is 2.62. The van der Waals surface area contributed by atoms with Gasteiger partial charge in [0.15, 0.2) is 15.7 Å². The van der Waals surface area contributed by atoms with Crippen LogP contribution < -0.4 is 5.32 Å². The standard InChI is InChI=1S/C13H14N2O4S/c1-9-7-12(15-19-9)14-13(16)8-10-5-3-4-6-11(10)20(2,17)18/h3-7H,8H2,1-2H3,(H,14,15,16). The lowest BCUT2D eigenvalue weighted by molar-refractivity contribution is -0.115. The van der Waals surface area contributed by atoms with Crippen molar-refractivity contribution in [1.82, 2.24) is 5.16 Å². The number of carbonyl (C=O) groups excluding carboxylic acids is 1. The molecule has 0 aliphatic carbocycles. The minimum absolute atomic E-state index is 0.0465. The Bertz CT molecular complexity index is 734. The molecule has 1 amide bonds. The third-order valence-corrected chi connectivity index (χ3v) is 3.82. The zero-order valence-electron chi connectivity index (χ0n) is 11.1. The molecule has 0 aliphatic rings. The molecule has 0 saturated carbocycles. The number of amides is 1. The number of nitrogens with one attached hydrogen (secondary N) is 1. The first-order valence-corrected chi connectivity index (χ1v) is 7.76. The maximum Gasteiger partial charge on any atom is 0.230 e. The predicted molar refractivity (Wildman–Crippen MR) is 73.1 cm³/mol. The van der Waals surface area contributed by atoms with E-state index in [-0.39, 0.29) is 17.2 Å². The Balaban J connectivity index is 2.16. The van der Waals surface area contributed by atoms with Crippen LogP contribution in [0.3, 0.4) is 0 Å². The topological polar surface area (TPSA) is 89.3 Å². The SMILES string of the molecule is Cc1cc(NC(=O)Cc2ccccc2S(C)(=O)=O)no1. The summed E-state index contributed by atoms with van der Waals surface area (Å²) in [6, 6.07) is 8.00. The van der Waals surface area contributed by atoms with E-state index in [9.17, 15) is 13.2 Å². The van der Waals surface area contributed by atoms with Crippen LogP contribution in [0.25, 0.3) is 0 Å². The van der Waals surface area contributed by atoms with Crippen LogP contribution in [0.2, 0.25) is 0 Å². The third kappa shape index (κ3) is 3.45. The average Bonchev–Trinajstić information content (AvgIpc) is 2.73. The van der Waals surface area contributed by atoms with E-state index in [1.54, 1.807) is 31.2 Å². The van der Waals surface area contributed by atoms with Crippen LogP contribution in [-0.2, 0) is 21.1 Å². The van der Waals surface area contributed by atoms with Crippen molar-refractivity contribution in [3.63, 3.8) is 0 Å². The molecule has 0 unspecified atom stereocenters. The number of hydrogen-bond acceptors (Lipinski definition) is 5. The van der Waals surface area contributed by atoms with Crippen molar-refractivity contribution in [1.29, 1.82) is 0 Å². The minimum atomic E-state index is -3.36. The van der Waals surface area contributed by atoms with Crippen molar-refractivity contribution in [3.8, 4) is 0 Å². The second kappa shape index (κ2) is 5.46. The lowest BCUT2D eigenvalue weighted by Crippen LogP contribution is -2.16. The van der Waals surface area contributed by atoms with Crippen molar-refractivity contribution in [2.45, 2.75) is 18.2 Å². The second-order valence-corrected chi connectivity index (χ2v) is 6.41. The second-order valence-electron chi connectivity index (χ2n) is 4.43. The first-order chi connectivity index (χ1) is 9.36. The molecule has 0 aliphatic heterocycles. The van der Waals surface area contributed by atoms with E-state index in [1.807, 2.05) is 0 Å². The van der Waals surface area contributed by atoms with Crippen LogP contribution in [0, 0.1) is 6.92 Å².